The summed E-state index contributed by atoms with van der Waals surface area (Å²) in [5, 5.41) is 0. The predicted octanol–water partition coefficient (Wildman–Crippen LogP) is 3.89. The molecule has 0 N–H and O–H groups in total. The first-order chi connectivity index (χ1) is 7.50. The number of fused-ring (bicyclic) bond motifs is 10. The molecule has 1 spiro atoms. The van der Waals surface area contributed by atoms with Crippen LogP contribution in [0.2, 0.25) is 47.7 Å². The molecule has 10 heterocycles. The molecule has 4 unspecified atom stereocenters. The number of aldehydes is 1. The van der Waals surface area contributed by atoms with Crippen LogP contribution in [0.4, 0.5) is 0 Å². The van der Waals surface area contributed by atoms with Crippen LogP contribution in [0.5, 0.6) is 0 Å². The summed E-state index contributed by atoms with van der Waals surface area (Å²) in [5.41, 5.74) is 1.09. The quantitative estimate of drug-likeness (QED) is 0.415. The molecule has 84 valence electrons. The van der Waals surface area contributed by atoms with Gasteiger partial charge in [0.25, 0.3) is 0 Å². The summed E-state index contributed by atoms with van der Waals surface area (Å²) in [6.07, 6.45) is 3.72. The van der Waals surface area contributed by atoms with Crippen molar-refractivity contribution in [3.05, 3.63) is 11.6 Å². The molecule has 0 aliphatic carbocycles. The summed E-state index contributed by atoms with van der Waals surface area (Å²) in [7, 11) is 0. The first-order valence-corrected chi connectivity index (χ1v) is 13.1. The molecule has 1 nitrogen and oxygen atoms in total. The number of carbonyl (C=O) groups is 1. The van der Waals surface area contributed by atoms with Crippen molar-refractivity contribution in [1.82, 2.24) is 0 Å². The Labute approximate surface area is 83.9 Å². The Kier molecular flexibility index (Phi) is 0.150. The number of hydrogen-bond donors (Lipinski definition) is 0. The van der Waals surface area contributed by atoms with Crippen LogP contribution in [0.15, 0.2) is 11.6 Å². The molecule has 10 rings (SSSR count). The van der Waals surface area contributed by atoms with Crippen LogP contribution in [0.3, 0.4) is 0 Å². The fourth-order valence-electron chi connectivity index (χ4n) is 17.1. The summed E-state index contributed by atoms with van der Waals surface area (Å²) in [5.74, 6) is 0. The first-order valence-electron chi connectivity index (χ1n) is 6.86. The van der Waals surface area contributed by atoms with Gasteiger partial charge in [0.1, 0.15) is 0 Å². The van der Waals surface area contributed by atoms with E-state index in [2.05, 4.69) is 13.0 Å². The van der Waals surface area contributed by atoms with Gasteiger partial charge in [0, 0.05) is 0 Å². The van der Waals surface area contributed by atoms with Gasteiger partial charge in [-0.1, -0.05) is 0 Å². The zero-order chi connectivity index (χ0) is 10.0. The van der Waals surface area contributed by atoms with Crippen LogP contribution >= 0.6 is 0 Å². The van der Waals surface area contributed by atoms with Crippen molar-refractivity contribution in [1.29, 1.82) is 0 Å². The van der Waals surface area contributed by atoms with Crippen LogP contribution in [-0.4, -0.2) is 6.29 Å². The molecule has 0 aromatic heterocycles. The van der Waals surface area contributed by atoms with E-state index in [1.54, 1.807) is 0 Å². The van der Waals surface area contributed by atoms with Crippen LogP contribution in [0, 0.1) is 0 Å². The Morgan fingerprint density at radius 3 is 1.75 bits per heavy atom. The Morgan fingerprint density at radius 1 is 1.00 bits per heavy atom. The summed E-state index contributed by atoms with van der Waals surface area (Å²) in [6, 6.07) is 0. The second kappa shape index (κ2) is 0.421. The molecule has 10 aliphatic rings. The Hall–Kier alpha value is -0.0705. The summed E-state index contributed by atoms with van der Waals surface area (Å²) < 4.78 is 0.823. The van der Waals surface area contributed by atoms with Crippen molar-refractivity contribution < 1.29 is 11.3 Å². The fourth-order valence-corrected chi connectivity index (χ4v) is 90.9. The van der Waals surface area contributed by atoms with E-state index in [9.17, 15) is 4.79 Å². The maximum absolute atomic E-state index is 11.0. The van der Waals surface area contributed by atoms with Gasteiger partial charge in [0.05, 0.1) is 0 Å². The molecule has 0 aromatic carbocycles. The van der Waals surface area contributed by atoms with E-state index < -0.39 is 6.51 Å². The van der Waals surface area contributed by atoms with E-state index in [0.29, 0.717) is 0 Å². The van der Waals surface area contributed by atoms with E-state index >= 15 is 0 Å². The minimum atomic E-state index is -2.86. The Morgan fingerprint density at radius 2 is 1.50 bits per heavy atom. The van der Waals surface area contributed by atoms with Gasteiger partial charge in [-0.3, -0.25) is 0 Å². The molecule has 4 atom stereocenters. The standard InChI is InChI=1S/C9H9O.C5H5.Fe/c1-8(7-10)6-9-4-2-3-5-9;1-2-4-5-3-1;/h2-7H,1H3;1-5H;. The van der Waals surface area contributed by atoms with E-state index in [1.807, 2.05) is 0 Å². The van der Waals surface area contributed by atoms with Crippen LogP contribution in [-0.2, 0) is 11.3 Å². The molecule has 0 radical (unpaired) electrons. The molecule has 0 amide bonds. The summed E-state index contributed by atoms with van der Waals surface area (Å²) in [6.45, 7) is -0.790. The van der Waals surface area contributed by atoms with Crippen molar-refractivity contribution in [2.75, 3.05) is 0 Å². The van der Waals surface area contributed by atoms with Gasteiger partial charge < -0.3 is 0 Å². The van der Waals surface area contributed by atoms with Crippen LogP contribution in [0.1, 0.15) is 6.92 Å². The third kappa shape index (κ3) is 0.0481. The maximum atomic E-state index is 11.0. The molecule has 0 aromatic rings. The number of hydrogen-bond acceptors (Lipinski definition) is 1. The van der Waals surface area contributed by atoms with E-state index in [0.717, 1.165) is 16.2 Å². The topological polar surface area (TPSA) is 17.1 Å². The van der Waals surface area contributed by atoms with Crippen molar-refractivity contribution in [3.8, 4) is 0 Å². The van der Waals surface area contributed by atoms with Crippen molar-refractivity contribution >= 4 is 6.29 Å². The Bertz CT molecular complexity index is 920. The second-order valence-corrected chi connectivity index (χ2v) is 34.3. The number of carbonyl (C=O) groups excluding carboxylic acids is 1. The molecule has 10 fully saturated rings. The molecule has 0 bridgehead atoms. The number of allylic oxidation sites excluding steroid dienone is 2. The van der Waals surface area contributed by atoms with Crippen LogP contribution < -0.4 is 0 Å². The molecule has 10 aliphatic heterocycles. The van der Waals surface area contributed by atoms with Crippen molar-refractivity contribution in [3.63, 3.8) is 0 Å². The average Bonchev–Trinajstić information content (AvgIpc) is 3.23. The van der Waals surface area contributed by atoms with E-state index in [1.165, 1.54) is 43.3 Å². The minimum absolute atomic E-state index is 0.823. The average molecular weight is 254 g/mol. The van der Waals surface area contributed by atoms with E-state index in [4.69, 9.17) is 0 Å². The molecule has 0 saturated carbocycles. The number of rotatable bonds is 2. The monoisotopic (exact) mass is 254 g/mol. The molecule has 10 saturated heterocycles. The normalized spacial score (nSPS) is 127. The summed E-state index contributed by atoms with van der Waals surface area (Å²) in [4.78, 5) is 23.4. The van der Waals surface area contributed by atoms with Gasteiger partial charge >= 0.3 is 83.8 Å². The molecular formula is C14H14FeO. The Balaban J connectivity index is 1.69. The van der Waals surface area contributed by atoms with Crippen molar-refractivity contribution in [2.45, 2.75) is 54.6 Å². The van der Waals surface area contributed by atoms with Crippen LogP contribution in [0.25, 0.3) is 0 Å². The summed E-state index contributed by atoms with van der Waals surface area (Å²) >= 11 is 0. The van der Waals surface area contributed by atoms with Gasteiger partial charge in [-0.15, -0.1) is 0 Å². The van der Waals surface area contributed by atoms with Gasteiger partial charge in [-0.25, -0.2) is 0 Å². The zero-order valence-corrected chi connectivity index (χ0v) is 10.2. The first kappa shape index (κ1) is 5.71. The van der Waals surface area contributed by atoms with Gasteiger partial charge in [-0.05, 0) is 0 Å². The SMILES string of the molecule is CC(C=O)=C[C]12[CH]3[CH]4[CH]5[CH]1[Fe]45321678[CH]2[CH]1[CH]6[CH]7[CH]28. The molecule has 16 heavy (non-hydrogen) atoms. The van der Waals surface area contributed by atoms with Gasteiger partial charge in [-0.2, -0.15) is 0 Å². The third-order valence-electron chi connectivity index (χ3n) is 15.4. The third-order valence-corrected chi connectivity index (χ3v) is 57.9. The molecular weight excluding hydrogens is 240 g/mol. The fraction of sp³-hybridized carbons (Fsp3) is 0.786. The van der Waals surface area contributed by atoms with Gasteiger partial charge in [0.2, 0.25) is 0 Å². The molecule has 2 heteroatoms. The van der Waals surface area contributed by atoms with Gasteiger partial charge in [0.15, 0.2) is 0 Å². The van der Waals surface area contributed by atoms with E-state index in [-0.39, 0.29) is 0 Å². The van der Waals surface area contributed by atoms with Crippen molar-refractivity contribution in [2.24, 2.45) is 0 Å². The second-order valence-electron chi connectivity index (χ2n) is 10.7. The zero-order valence-electron chi connectivity index (χ0n) is 9.11. The predicted molar refractivity (Wildman–Crippen MR) is 56.3 cm³/mol.